The number of hydrogen-bond donors (Lipinski definition) is 0. The highest BCUT2D eigenvalue weighted by atomic mass is 16.7. The number of hydrogen-bond acceptors (Lipinski definition) is 18. The minimum absolute atomic E-state index is 0.0250. The number of carbonyl (C=O) groups is 3. The summed E-state index contributed by atoms with van der Waals surface area (Å²) in [6.07, 6.45) is -1.63. The zero-order valence-corrected chi connectivity index (χ0v) is 32.4. The fourth-order valence-corrected chi connectivity index (χ4v) is 7.44. The Morgan fingerprint density at radius 3 is 2.10 bits per heavy atom. The molecule has 1 aliphatic carbocycles. The number of nitro benzene ring substituents is 4. The van der Waals surface area contributed by atoms with Crippen LogP contribution in [0.15, 0.2) is 64.5 Å². The zero-order valence-electron chi connectivity index (χ0n) is 32.4. The smallest absolute Gasteiger partial charge is 0.377 e. The van der Waals surface area contributed by atoms with E-state index >= 15 is 0 Å². The minimum atomic E-state index is -1.66. The van der Waals surface area contributed by atoms with Crippen molar-refractivity contribution in [2.45, 2.75) is 52.0 Å². The SMILES string of the molecule is CC[C@](C)(OC(=O)[C@H](C)ON=C1c2cc([N+](=O)[O-])cc([N+](=O)[O-])c2-c2c1cc([N+](=O)[O-])cc2[N+](=O)[O-])c1cc2n(c(=O)c1COC=O)Cc1cc3cc(BOC=O)ccc3nc1-2. The Bertz CT molecular complexity index is 2850. The van der Waals surface area contributed by atoms with Crippen LogP contribution in [0.5, 0.6) is 0 Å². The first-order valence-electron chi connectivity index (χ1n) is 18.2. The highest BCUT2D eigenvalue weighted by Crippen LogP contribution is 2.50. The maximum Gasteiger partial charge on any atom is 0.377 e. The molecule has 0 fully saturated rings. The number of carbonyl (C=O) groups excluding carboxylic acids is 3. The van der Waals surface area contributed by atoms with Crippen molar-refractivity contribution in [3.63, 3.8) is 0 Å². The van der Waals surface area contributed by atoms with Gasteiger partial charge in [-0.05, 0) is 43.9 Å². The van der Waals surface area contributed by atoms with Crippen molar-refractivity contribution in [2.75, 3.05) is 0 Å². The lowest BCUT2D eigenvalue weighted by Gasteiger charge is -2.32. The monoisotopic (exact) mass is 849 g/mol. The summed E-state index contributed by atoms with van der Waals surface area (Å²) in [5.41, 5.74) is -5.23. The summed E-state index contributed by atoms with van der Waals surface area (Å²) in [5.74, 6) is -1.10. The van der Waals surface area contributed by atoms with Crippen molar-refractivity contribution < 1.29 is 53.0 Å². The summed E-state index contributed by atoms with van der Waals surface area (Å²) >= 11 is 0. The van der Waals surface area contributed by atoms with Gasteiger partial charge >= 0.3 is 13.5 Å². The second kappa shape index (κ2) is 16.0. The average molecular weight is 849 g/mol. The van der Waals surface area contributed by atoms with Crippen LogP contribution in [0.1, 0.15) is 55.0 Å². The predicted octanol–water partition coefficient (Wildman–Crippen LogP) is 3.89. The lowest BCUT2D eigenvalue weighted by molar-refractivity contribution is -0.395. The van der Waals surface area contributed by atoms with Crippen LogP contribution in [0, 0.1) is 40.5 Å². The fourth-order valence-electron chi connectivity index (χ4n) is 7.44. The van der Waals surface area contributed by atoms with Gasteiger partial charge < -0.3 is 23.5 Å². The Balaban J connectivity index is 1.27. The van der Waals surface area contributed by atoms with Gasteiger partial charge in [-0.25, -0.2) is 9.78 Å². The number of esters is 1. The van der Waals surface area contributed by atoms with E-state index in [9.17, 15) is 59.6 Å². The van der Waals surface area contributed by atoms with E-state index in [0.717, 1.165) is 12.1 Å². The number of fused-ring (bicyclic) bond motifs is 7. The topological polar surface area (TPSA) is 308 Å². The Labute approximate surface area is 346 Å². The normalized spacial score (nSPS) is 13.3. The molecule has 24 heteroatoms. The largest absolute Gasteiger partial charge is 0.537 e. The number of nitro groups is 4. The number of pyridine rings is 2. The molecule has 3 heterocycles. The summed E-state index contributed by atoms with van der Waals surface area (Å²) in [7, 11) is 0.0399. The molecule has 0 amide bonds. The third kappa shape index (κ3) is 7.17. The second-order valence-corrected chi connectivity index (χ2v) is 14.1. The molecule has 62 heavy (non-hydrogen) atoms. The summed E-state index contributed by atoms with van der Waals surface area (Å²) in [6, 6.07) is 11.5. The van der Waals surface area contributed by atoms with Crippen molar-refractivity contribution in [3.8, 4) is 22.5 Å². The van der Waals surface area contributed by atoms with Crippen LogP contribution in [0.3, 0.4) is 0 Å². The van der Waals surface area contributed by atoms with Crippen molar-refractivity contribution >= 4 is 71.2 Å². The van der Waals surface area contributed by atoms with Gasteiger partial charge in [0.05, 0.1) is 72.0 Å². The van der Waals surface area contributed by atoms with Gasteiger partial charge in [-0.15, -0.1) is 0 Å². The van der Waals surface area contributed by atoms with Crippen LogP contribution < -0.4 is 11.0 Å². The van der Waals surface area contributed by atoms with E-state index in [-0.39, 0.29) is 38.0 Å². The molecule has 2 aliphatic rings. The van der Waals surface area contributed by atoms with Crippen molar-refractivity contribution in [2.24, 2.45) is 5.16 Å². The van der Waals surface area contributed by atoms with E-state index in [1.54, 1.807) is 31.2 Å². The number of nitrogens with zero attached hydrogens (tertiary/aromatic N) is 7. The number of rotatable bonds is 16. The molecule has 7 rings (SSSR count). The van der Waals surface area contributed by atoms with E-state index in [2.05, 4.69) is 5.16 Å². The molecule has 0 spiro atoms. The summed E-state index contributed by atoms with van der Waals surface area (Å²) in [6.45, 7) is 4.38. The van der Waals surface area contributed by atoms with Crippen LogP contribution in [0.2, 0.25) is 0 Å². The quantitative estimate of drug-likeness (QED) is 0.0332. The molecule has 0 bridgehead atoms. The first kappa shape index (κ1) is 41.7. The van der Waals surface area contributed by atoms with Crippen molar-refractivity contribution in [1.29, 1.82) is 0 Å². The first-order valence-corrected chi connectivity index (χ1v) is 18.2. The Morgan fingerprint density at radius 2 is 1.55 bits per heavy atom. The van der Waals surface area contributed by atoms with Crippen LogP contribution in [0.25, 0.3) is 33.4 Å². The Hall–Kier alpha value is -8.44. The molecule has 0 radical (unpaired) electrons. The van der Waals surface area contributed by atoms with Gasteiger partial charge in [0.25, 0.3) is 41.3 Å². The number of non-ortho nitro benzene ring substituents is 2. The highest BCUT2D eigenvalue weighted by Gasteiger charge is 2.43. The minimum Gasteiger partial charge on any atom is -0.537 e. The van der Waals surface area contributed by atoms with Crippen LogP contribution in [-0.2, 0) is 52.1 Å². The van der Waals surface area contributed by atoms with Crippen LogP contribution in [-0.4, -0.2) is 67.5 Å². The maximum atomic E-state index is 14.2. The molecule has 314 valence electrons. The summed E-state index contributed by atoms with van der Waals surface area (Å²) in [4.78, 5) is 104. The third-order valence-corrected chi connectivity index (χ3v) is 10.5. The highest BCUT2D eigenvalue weighted by molar-refractivity contribution is 6.48. The number of benzene rings is 3. The van der Waals surface area contributed by atoms with E-state index in [4.69, 9.17) is 23.9 Å². The molecule has 5 aromatic rings. The fraction of sp³-hybridized carbons (Fsp3) is 0.211. The zero-order chi connectivity index (χ0) is 44.8. The van der Waals surface area contributed by atoms with Gasteiger partial charge in [0.15, 0.2) is 0 Å². The number of aromatic nitrogens is 2. The predicted molar refractivity (Wildman–Crippen MR) is 214 cm³/mol. The molecule has 0 N–H and O–H groups in total. The van der Waals surface area contributed by atoms with E-state index < -0.39 is 100 Å². The summed E-state index contributed by atoms with van der Waals surface area (Å²) < 4.78 is 17.3. The van der Waals surface area contributed by atoms with Gasteiger partial charge in [0.2, 0.25) is 6.10 Å². The molecule has 3 aromatic carbocycles. The standard InChI is InChI=1S/C38H28BN7O16/c1-4-38(3,27-13-31-34-20(14-42(31)36(49)26(27)15-59-16-47)7-19-8-21(39-60-17-48)5-6-28(19)40-34)61-37(50)18(2)62-41-35-24-9-22(43(51)52)11-29(45(55)56)32(24)33-25(35)10-23(44(53)54)12-30(33)46(57)58/h5-13,16-18,39H,4,14-15H2,1-3H3/t18-,38-/m0/s1. The van der Waals surface area contributed by atoms with Gasteiger partial charge in [0.1, 0.15) is 17.9 Å². The molecule has 0 saturated heterocycles. The third-order valence-electron chi connectivity index (χ3n) is 10.5. The molecular weight excluding hydrogens is 821 g/mol. The van der Waals surface area contributed by atoms with Crippen molar-refractivity contribution in [1.82, 2.24) is 9.55 Å². The van der Waals surface area contributed by atoms with E-state index in [1.165, 1.54) is 18.4 Å². The van der Waals surface area contributed by atoms with Crippen LogP contribution in [0.4, 0.5) is 22.7 Å². The molecule has 0 saturated carbocycles. The molecule has 0 unspecified atom stereocenters. The lowest BCUT2D eigenvalue weighted by atomic mass is 9.87. The van der Waals surface area contributed by atoms with Crippen LogP contribution >= 0.6 is 0 Å². The molecule has 23 nitrogen and oxygen atoms in total. The Kier molecular flexibility index (Phi) is 10.7. The molecule has 2 aromatic heterocycles. The molecular formula is C38H28BN7O16. The first-order chi connectivity index (χ1) is 29.5. The average Bonchev–Trinajstić information content (AvgIpc) is 3.77. The van der Waals surface area contributed by atoms with Crippen molar-refractivity contribution in [3.05, 3.63) is 133 Å². The molecule has 2 atom stereocenters. The number of ether oxygens (including phenoxy) is 2. The van der Waals surface area contributed by atoms with Gasteiger partial charge in [0, 0.05) is 39.8 Å². The second-order valence-electron chi connectivity index (χ2n) is 14.1. The van der Waals surface area contributed by atoms with E-state index in [1.807, 2.05) is 6.07 Å². The van der Waals surface area contributed by atoms with Gasteiger partial charge in [-0.1, -0.05) is 24.2 Å². The van der Waals surface area contributed by atoms with Gasteiger partial charge in [-0.3, -0.25) is 54.8 Å². The molecule has 1 aliphatic heterocycles. The van der Waals surface area contributed by atoms with Gasteiger partial charge in [-0.2, -0.15) is 0 Å². The maximum absolute atomic E-state index is 14.2. The lowest BCUT2D eigenvalue weighted by Crippen LogP contribution is -2.37. The van der Waals surface area contributed by atoms with E-state index in [0.29, 0.717) is 51.9 Å². The number of oxime groups is 1. The summed E-state index contributed by atoms with van der Waals surface area (Å²) in [5, 5.41) is 52.6. The Morgan fingerprint density at radius 1 is 0.919 bits per heavy atom.